The molecule has 6 heteroatoms. The number of halogens is 2. The van der Waals surface area contributed by atoms with Crippen LogP contribution < -0.4 is 11.1 Å². The van der Waals surface area contributed by atoms with Gasteiger partial charge in [-0.3, -0.25) is 4.79 Å². The molecule has 1 aliphatic heterocycles. The molecule has 0 aromatic heterocycles. The molecule has 98 valence electrons. The Kier molecular flexibility index (Phi) is 3.71. The Morgan fingerprint density at radius 2 is 2.22 bits per heavy atom. The van der Waals surface area contributed by atoms with Crippen molar-refractivity contribution in [1.29, 1.82) is 0 Å². The second-order valence-electron chi connectivity index (χ2n) is 4.68. The third kappa shape index (κ3) is 2.71. The van der Waals surface area contributed by atoms with Gasteiger partial charge in [0.1, 0.15) is 0 Å². The van der Waals surface area contributed by atoms with Gasteiger partial charge in [0.25, 0.3) is 5.91 Å². The van der Waals surface area contributed by atoms with Crippen molar-refractivity contribution < 1.29 is 9.53 Å². The van der Waals surface area contributed by atoms with Gasteiger partial charge < -0.3 is 15.8 Å². The van der Waals surface area contributed by atoms with Gasteiger partial charge in [-0.15, -0.1) is 0 Å². The molecule has 0 radical (unpaired) electrons. The molecule has 1 saturated heterocycles. The Morgan fingerprint density at radius 1 is 1.50 bits per heavy atom. The van der Waals surface area contributed by atoms with E-state index in [0.717, 1.165) is 6.42 Å². The molecule has 1 aromatic carbocycles. The van der Waals surface area contributed by atoms with Crippen LogP contribution in [0.25, 0.3) is 0 Å². The van der Waals surface area contributed by atoms with Crippen LogP contribution in [0.3, 0.4) is 0 Å². The summed E-state index contributed by atoms with van der Waals surface area (Å²) in [6.07, 6.45) is 0.787. The number of hydrogen-bond acceptors (Lipinski definition) is 3. The molecule has 0 bridgehead atoms. The number of hydrogen-bond donors (Lipinski definition) is 2. The summed E-state index contributed by atoms with van der Waals surface area (Å²) in [6, 6.07) is 3.03. The maximum absolute atomic E-state index is 12.1. The van der Waals surface area contributed by atoms with Crippen molar-refractivity contribution in [2.75, 3.05) is 18.9 Å². The first kappa shape index (κ1) is 13.5. The Morgan fingerprint density at radius 3 is 2.78 bits per heavy atom. The van der Waals surface area contributed by atoms with Crippen molar-refractivity contribution in [3.8, 4) is 0 Å². The Hall–Kier alpha value is -0.970. The molecule has 1 amide bonds. The zero-order valence-electron chi connectivity index (χ0n) is 9.93. The Bertz CT molecular complexity index is 462. The molecule has 3 N–H and O–H groups in total. The van der Waals surface area contributed by atoms with Crippen LogP contribution in [0.4, 0.5) is 5.69 Å². The molecule has 1 heterocycles. The molecule has 1 aliphatic rings. The number of nitrogens with one attached hydrogen (secondary N) is 1. The van der Waals surface area contributed by atoms with Gasteiger partial charge in [0, 0.05) is 12.2 Å². The number of carbonyl (C=O) groups excluding carboxylic acids is 1. The topological polar surface area (TPSA) is 64.4 Å². The minimum absolute atomic E-state index is 0.228. The number of ether oxygens (including phenoxy) is 1. The highest BCUT2D eigenvalue weighted by Crippen LogP contribution is 2.29. The summed E-state index contributed by atoms with van der Waals surface area (Å²) in [4.78, 5) is 12.1. The Labute approximate surface area is 115 Å². The molecule has 0 aliphatic carbocycles. The summed E-state index contributed by atoms with van der Waals surface area (Å²) in [7, 11) is 0. The lowest BCUT2D eigenvalue weighted by Crippen LogP contribution is -2.46. The Balaban J connectivity index is 2.19. The van der Waals surface area contributed by atoms with E-state index in [-0.39, 0.29) is 21.5 Å². The third-order valence-electron chi connectivity index (χ3n) is 2.95. The van der Waals surface area contributed by atoms with Crippen LogP contribution in [0, 0.1) is 0 Å². The van der Waals surface area contributed by atoms with Gasteiger partial charge in [0.2, 0.25) is 0 Å². The number of carbonyl (C=O) groups is 1. The predicted molar refractivity (Wildman–Crippen MR) is 72.2 cm³/mol. The van der Waals surface area contributed by atoms with Crippen LogP contribution in [0.1, 0.15) is 23.7 Å². The van der Waals surface area contributed by atoms with Crippen molar-refractivity contribution >= 4 is 34.8 Å². The zero-order chi connectivity index (χ0) is 13.3. The van der Waals surface area contributed by atoms with Crippen molar-refractivity contribution in [2.45, 2.75) is 18.9 Å². The quantitative estimate of drug-likeness (QED) is 0.822. The molecule has 0 saturated carbocycles. The summed E-state index contributed by atoms with van der Waals surface area (Å²) in [5, 5.41) is 3.46. The van der Waals surface area contributed by atoms with E-state index in [1.54, 1.807) is 0 Å². The minimum atomic E-state index is -0.335. The van der Waals surface area contributed by atoms with E-state index < -0.39 is 0 Å². The lowest BCUT2D eigenvalue weighted by molar-refractivity contribution is 0.0890. The molecule has 2 rings (SSSR count). The van der Waals surface area contributed by atoms with Gasteiger partial charge in [-0.1, -0.05) is 23.2 Å². The fraction of sp³-hybridized carbons (Fsp3) is 0.417. The smallest absolute Gasteiger partial charge is 0.251 e. The number of nitrogen functional groups attached to an aromatic ring is 1. The van der Waals surface area contributed by atoms with Crippen molar-refractivity contribution in [3.05, 3.63) is 27.7 Å². The summed E-state index contributed by atoms with van der Waals surface area (Å²) in [5.74, 6) is -0.228. The number of benzene rings is 1. The normalized spacial score (nSPS) is 23.1. The van der Waals surface area contributed by atoms with Gasteiger partial charge in [0.15, 0.2) is 0 Å². The second kappa shape index (κ2) is 4.96. The lowest BCUT2D eigenvalue weighted by Gasteiger charge is -2.23. The van der Waals surface area contributed by atoms with Crippen LogP contribution in [0.2, 0.25) is 10.0 Å². The molecular formula is C12H14Cl2N2O2. The monoisotopic (exact) mass is 288 g/mol. The number of rotatable bonds is 2. The van der Waals surface area contributed by atoms with Gasteiger partial charge in [-0.2, -0.15) is 0 Å². The highest BCUT2D eigenvalue weighted by atomic mass is 35.5. The fourth-order valence-electron chi connectivity index (χ4n) is 1.85. The van der Waals surface area contributed by atoms with Crippen LogP contribution in [-0.4, -0.2) is 24.7 Å². The first-order valence-electron chi connectivity index (χ1n) is 5.56. The summed E-state index contributed by atoms with van der Waals surface area (Å²) in [6.45, 7) is 3.11. The van der Waals surface area contributed by atoms with Crippen LogP contribution in [-0.2, 0) is 4.74 Å². The van der Waals surface area contributed by atoms with Crippen LogP contribution in [0.5, 0.6) is 0 Å². The van der Waals surface area contributed by atoms with Crippen molar-refractivity contribution in [2.24, 2.45) is 0 Å². The molecule has 1 unspecified atom stereocenters. The van der Waals surface area contributed by atoms with Gasteiger partial charge in [0.05, 0.1) is 27.9 Å². The van der Waals surface area contributed by atoms with Crippen LogP contribution >= 0.6 is 23.2 Å². The highest BCUT2D eigenvalue weighted by Gasteiger charge is 2.31. The average Bonchev–Trinajstić information content (AvgIpc) is 2.71. The maximum atomic E-state index is 12.1. The SMILES string of the molecule is CC1(NC(=O)c2cc(N)c(Cl)c(Cl)c2)CCOC1. The molecule has 1 fully saturated rings. The molecular weight excluding hydrogens is 275 g/mol. The summed E-state index contributed by atoms with van der Waals surface area (Å²) >= 11 is 11.7. The van der Waals surface area contributed by atoms with E-state index in [0.29, 0.717) is 24.5 Å². The molecule has 1 atom stereocenters. The average molecular weight is 289 g/mol. The van der Waals surface area contributed by atoms with Crippen LogP contribution in [0.15, 0.2) is 12.1 Å². The number of amides is 1. The van der Waals surface area contributed by atoms with Gasteiger partial charge >= 0.3 is 0 Å². The molecule has 1 aromatic rings. The minimum Gasteiger partial charge on any atom is -0.397 e. The lowest BCUT2D eigenvalue weighted by atomic mass is 10.0. The van der Waals surface area contributed by atoms with E-state index in [1.807, 2.05) is 6.92 Å². The van der Waals surface area contributed by atoms with E-state index in [9.17, 15) is 4.79 Å². The summed E-state index contributed by atoms with van der Waals surface area (Å²) < 4.78 is 5.28. The van der Waals surface area contributed by atoms with Gasteiger partial charge in [-0.25, -0.2) is 0 Å². The molecule has 0 spiro atoms. The third-order valence-corrected chi connectivity index (χ3v) is 3.77. The van der Waals surface area contributed by atoms with Crippen molar-refractivity contribution in [1.82, 2.24) is 5.32 Å². The first-order valence-corrected chi connectivity index (χ1v) is 6.32. The first-order chi connectivity index (χ1) is 8.41. The zero-order valence-corrected chi connectivity index (χ0v) is 11.4. The standard InChI is InChI=1S/C12H14Cl2N2O2/c1-12(2-3-18-6-12)16-11(17)7-4-8(13)10(14)9(15)5-7/h4-5H,2-3,6,15H2,1H3,(H,16,17). The summed E-state index contributed by atoms with van der Waals surface area (Å²) in [5.41, 5.74) is 6.04. The fourth-order valence-corrected chi connectivity index (χ4v) is 2.19. The van der Waals surface area contributed by atoms with E-state index in [4.69, 9.17) is 33.7 Å². The highest BCUT2D eigenvalue weighted by molar-refractivity contribution is 6.43. The molecule has 4 nitrogen and oxygen atoms in total. The number of nitrogens with two attached hydrogens (primary N) is 1. The number of anilines is 1. The van der Waals surface area contributed by atoms with Gasteiger partial charge in [-0.05, 0) is 25.5 Å². The second-order valence-corrected chi connectivity index (χ2v) is 5.46. The van der Waals surface area contributed by atoms with E-state index in [2.05, 4.69) is 5.32 Å². The predicted octanol–water partition coefficient (Wildman–Crippen LogP) is 2.48. The van der Waals surface area contributed by atoms with E-state index in [1.165, 1.54) is 12.1 Å². The van der Waals surface area contributed by atoms with E-state index >= 15 is 0 Å². The maximum Gasteiger partial charge on any atom is 0.251 e. The molecule has 18 heavy (non-hydrogen) atoms. The van der Waals surface area contributed by atoms with Crippen molar-refractivity contribution in [3.63, 3.8) is 0 Å². The largest absolute Gasteiger partial charge is 0.397 e.